The van der Waals surface area contributed by atoms with Gasteiger partial charge in [0.05, 0.1) is 5.25 Å². The van der Waals surface area contributed by atoms with Crippen molar-refractivity contribution in [2.75, 3.05) is 5.32 Å². The monoisotopic (exact) mass is 454 g/mol. The molecule has 2 aliphatic heterocycles. The molecule has 0 aromatic heterocycles. The Kier molecular flexibility index (Phi) is 5.67. The van der Waals surface area contributed by atoms with E-state index in [2.05, 4.69) is 10.6 Å². The Hall–Kier alpha value is -3.00. The number of amides is 3. The highest BCUT2D eigenvalue weighted by atomic mass is 32.2. The van der Waals surface area contributed by atoms with Gasteiger partial charge >= 0.3 is 0 Å². The Morgan fingerprint density at radius 2 is 1.88 bits per heavy atom. The van der Waals surface area contributed by atoms with E-state index in [4.69, 9.17) is 4.74 Å². The molecular formula is C24H26N2O5S. The van der Waals surface area contributed by atoms with Crippen LogP contribution in [0.1, 0.15) is 41.2 Å². The Labute approximate surface area is 190 Å². The average Bonchev–Trinajstić information content (AvgIpc) is 3.08. The lowest BCUT2D eigenvalue weighted by atomic mass is 9.86. The van der Waals surface area contributed by atoms with E-state index in [-0.39, 0.29) is 22.8 Å². The molecule has 2 aromatic rings. The first kappa shape index (κ1) is 22.2. The minimum Gasteiger partial charge on any atom is -0.507 e. The number of carbonyl (C=O) groups is 3. The number of ether oxygens (including phenoxy) is 1. The number of benzene rings is 2. The number of thioether (sulfide) groups is 1. The van der Waals surface area contributed by atoms with Crippen LogP contribution in [0.25, 0.3) is 0 Å². The van der Waals surface area contributed by atoms with Gasteiger partial charge in [-0.3, -0.25) is 19.7 Å². The zero-order valence-corrected chi connectivity index (χ0v) is 19.3. The Balaban J connectivity index is 1.46. The first-order chi connectivity index (χ1) is 15.1. The van der Waals surface area contributed by atoms with Gasteiger partial charge in [0, 0.05) is 17.7 Å². The first-order valence-electron chi connectivity index (χ1n) is 10.5. The van der Waals surface area contributed by atoms with E-state index in [0.717, 1.165) is 39.6 Å². The summed E-state index contributed by atoms with van der Waals surface area (Å²) >= 11 is 0.998. The number of carbonyl (C=O) groups excluding carboxylic acids is 3. The van der Waals surface area contributed by atoms with Crippen LogP contribution in [0.2, 0.25) is 0 Å². The number of aromatic hydroxyl groups is 1. The van der Waals surface area contributed by atoms with Gasteiger partial charge in [-0.2, -0.15) is 0 Å². The van der Waals surface area contributed by atoms with E-state index in [1.54, 1.807) is 19.1 Å². The molecule has 32 heavy (non-hydrogen) atoms. The Morgan fingerprint density at radius 3 is 2.50 bits per heavy atom. The molecule has 3 amide bonds. The molecule has 8 heteroatoms. The van der Waals surface area contributed by atoms with Gasteiger partial charge in [0.15, 0.2) is 5.60 Å². The maximum absolute atomic E-state index is 13.1. The largest absolute Gasteiger partial charge is 0.507 e. The number of imide groups is 1. The zero-order chi connectivity index (χ0) is 23.2. The number of phenolic OH excluding ortho intramolecular Hbond substituents is 1. The summed E-state index contributed by atoms with van der Waals surface area (Å²) in [7, 11) is 0. The molecule has 1 saturated heterocycles. The third-order valence-electron chi connectivity index (χ3n) is 6.40. The number of hydrogen-bond acceptors (Lipinski definition) is 6. The second-order valence-corrected chi connectivity index (χ2v) is 9.78. The van der Waals surface area contributed by atoms with Crippen LogP contribution >= 0.6 is 11.8 Å². The molecule has 168 valence electrons. The molecule has 2 atom stereocenters. The number of nitrogens with one attached hydrogen (secondary N) is 2. The van der Waals surface area contributed by atoms with Crippen molar-refractivity contribution < 1.29 is 24.2 Å². The molecule has 0 bridgehead atoms. The van der Waals surface area contributed by atoms with E-state index in [1.807, 2.05) is 32.9 Å². The summed E-state index contributed by atoms with van der Waals surface area (Å²) in [4.78, 5) is 36.2. The highest BCUT2D eigenvalue weighted by Crippen LogP contribution is 2.43. The second kappa shape index (κ2) is 8.16. The fourth-order valence-corrected chi connectivity index (χ4v) is 5.00. The van der Waals surface area contributed by atoms with Crippen LogP contribution in [0.4, 0.5) is 10.5 Å². The van der Waals surface area contributed by atoms with Crippen molar-refractivity contribution in [2.45, 2.75) is 57.8 Å². The van der Waals surface area contributed by atoms with Crippen molar-refractivity contribution in [2.24, 2.45) is 0 Å². The predicted molar refractivity (Wildman–Crippen MR) is 123 cm³/mol. The lowest BCUT2D eigenvalue weighted by Crippen LogP contribution is -2.48. The first-order valence-corrected chi connectivity index (χ1v) is 11.4. The van der Waals surface area contributed by atoms with Crippen molar-refractivity contribution in [3.8, 4) is 11.5 Å². The quantitative estimate of drug-likeness (QED) is 0.647. The molecule has 2 aromatic carbocycles. The van der Waals surface area contributed by atoms with Gasteiger partial charge in [-0.05, 0) is 74.9 Å². The van der Waals surface area contributed by atoms with Gasteiger partial charge in [-0.1, -0.05) is 23.9 Å². The summed E-state index contributed by atoms with van der Waals surface area (Å²) in [6.45, 7) is 7.39. The highest BCUT2D eigenvalue weighted by molar-refractivity contribution is 8.15. The highest BCUT2D eigenvalue weighted by Gasteiger charge is 2.41. The third kappa shape index (κ3) is 3.95. The molecule has 4 rings (SSSR count). The SMILES string of the molecule is Cc1c(C)c2c(c(C)c1O)CCC(C)(C(=O)Nc1ccc(CC3SC(=O)NC3=O)cc1)O2. The maximum Gasteiger partial charge on any atom is 0.286 e. The number of phenols is 1. The number of anilines is 1. The van der Waals surface area contributed by atoms with Gasteiger partial charge in [-0.25, -0.2) is 0 Å². The van der Waals surface area contributed by atoms with Gasteiger partial charge in [-0.15, -0.1) is 0 Å². The summed E-state index contributed by atoms with van der Waals surface area (Å²) in [6.07, 6.45) is 1.58. The third-order valence-corrected chi connectivity index (χ3v) is 7.38. The van der Waals surface area contributed by atoms with Crippen LogP contribution in [0, 0.1) is 20.8 Å². The number of fused-ring (bicyclic) bond motifs is 1. The van der Waals surface area contributed by atoms with Crippen LogP contribution < -0.4 is 15.4 Å². The second-order valence-electron chi connectivity index (χ2n) is 8.60. The Bertz CT molecular complexity index is 1130. The van der Waals surface area contributed by atoms with Crippen molar-refractivity contribution in [3.05, 3.63) is 52.1 Å². The van der Waals surface area contributed by atoms with Gasteiger partial charge in [0.1, 0.15) is 11.5 Å². The summed E-state index contributed by atoms with van der Waals surface area (Å²) < 4.78 is 6.23. The number of hydrogen-bond donors (Lipinski definition) is 3. The molecule has 0 radical (unpaired) electrons. The molecule has 2 unspecified atom stereocenters. The van der Waals surface area contributed by atoms with Crippen LogP contribution in [-0.4, -0.2) is 33.0 Å². The normalized spacial score (nSPS) is 22.2. The summed E-state index contributed by atoms with van der Waals surface area (Å²) in [5.74, 6) is 0.457. The molecule has 0 aliphatic carbocycles. The Morgan fingerprint density at radius 1 is 1.19 bits per heavy atom. The molecule has 1 fully saturated rings. The predicted octanol–water partition coefficient (Wildman–Crippen LogP) is 3.93. The fraction of sp³-hybridized carbons (Fsp3) is 0.375. The summed E-state index contributed by atoms with van der Waals surface area (Å²) in [5, 5.41) is 14.8. The van der Waals surface area contributed by atoms with Crippen molar-refractivity contribution in [3.63, 3.8) is 0 Å². The standard InChI is InChI=1S/C24H26N2O5S/c1-12-13(2)20-17(14(3)19(12)27)9-10-24(4,31-20)22(29)25-16-7-5-15(6-8-16)11-18-21(28)26-23(30)32-18/h5-8,18,27H,9-11H2,1-4H3,(H,25,29)(H,26,28,30). The van der Waals surface area contributed by atoms with Crippen LogP contribution in [0.5, 0.6) is 11.5 Å². The van der Waals surface area contributed by atoms with Crippen LogP contribution in [-0.2, 0) is 22.4 Å². The van der Waals surface area contributed by atoms with Crippen molar-refractivity contribution in [1.82, 2.24) is 5.32 Å². The van der Waals surface area contributed by atoms with Crippen molar-refractivity contribution >= 4 is 34.5 Å². The van der Waals surface area contributed by atoms with E-state index in [9.17, 15) is 19.5 Å². The average molecular weight is 455 g/mol. The van der Waals surface area contributed by atoms with Gasteiger partial charge in [0.25, 0.3) is 11.1 Å². The van der Waals surface area contributed by atoms with Crippen LogP contribution in [0.3, 0.4) is 0 Å². The van der Waals surface area contributed by atoms with E-state index in [0.29, 0.717) is 30.7 Å². The molecule has 0 saturated carbocycles. The lowest BCUT2D eigenvalue weighted by Gasteiger charge is -2.36. The van der Waals surface area contributed by atoms with Gasteiger partial charge < -0.3 is 15.2 Å². The lowest BCUT2D eigenvalue weighted by molar-refractivity contribution is -0.131. The van der Waals surface area contributed by atoms with E-state index >= 15 is 0 Å². The molecule has 7 nitrogen and oxygen atoms in total. The van der Waals surface area contributed by atoms with E-state index < -0.39 is 10.9 Å². The topological polar surface area (TPSA) is 105 Å². The molecule has 2 heterocycles. The van der Waals surface area contributed by atoms with E-state index in [1.165, 1.54) is 0 Å². The molecule has 2 aliphatic rings. The molecule has 3 N–H and O–H groups in total. The minimum atomic E-state index is -1.04. The zero-order valence-electron chi connectivity index (χ0n) is 18.5. The fourth-order valence-electron chi connectivity index (χ4n) is 4.14. The molecular weight excluding hydrogens is 428 g/mol. The minimum absolute atomic E-state index is 0.241. The summed E-state index contributed by atoms with van der Waals surface area (Å²) in [5.41, 5.74) is 3.86. The van der Waals surface area contributed by atoms with Crippen molar-refractivity contribution in [1.29, 1.82) is 0 Å². The smallest absolute Gasteiger partial charge is 0.286 e. The molecule has 0 spiro atoms. The summed E-state index contributed by atoms with van der Waals surface area (Å²) in [6, 6.07) is 7.24. The maximum atomic E-state index is 13.1. The van der Waals surface area contributed by atoms with Gasteiger partial charge in [0.2, 0.25) is 5.91 Å². The van der Waals surface area contributed by atoms with Crippen LogP contribution in [0.15, 0.2) is 24.3 Å². The number of rotatable bonds is 4.